The highest BCUT2D eigenvalue weighted by molar-refractivity contribution is 7.07. The van der Waals surface area contributed by atoms with Gasteiger partial charge >= 0.3 is 6.03 Å². The standard InChI is InChI=1S/C18H23N3O2S/c22-16-18(13-3-4-13,14-5-6-14)19-17(23)21(16)11-20-8-1-2-15(20)12-7-9-24-10-12/h7,9-10,13-15H,1-6,8,11H2,(H,19,23). The SMILES string of the molecule is O=C1NC(C2CC2)(C2CC2)C(=O)N1CN1CCCC1c1ccsc1. The van der Waals surface area contributed by atoms with E-state index in [4.69, 9.17) is 0 Å². The van der Waals surface area contributed by atoms with Gasteiger partial charge in [0, 0.05) is 12.6 Å². The number of hydrogen-bond donors (Lipinski definition) is 1. The zero-order chi connectivity index (χ0) is 16.3. The number of nitrogens with one attached hydrogen (secondary N) is 1. The van der Waals surface area contributed by atoms with E-state index in [-0.39, 0.29) is 11.9 Å². The molecule has 128 valence electrons. The Labute approximate surface area is 146 Å². The van der Waals surface area contributed by atoms with Crippen molar-refractivity contribution in [1.82, 2.24) is 15.1 Å². The Kier molecular flexibility index (Phi) is 3.29. The molecule has 1 aromatic rings. The maximum atomic E-state index is 13.2. The molecule has 5 nitrogen and oxygen atoms in total. The molecule has 1 aromatic heterocycles. The van der Waals surface area contributed by atoms with E-state index in [1.165, 1.54) is 10.5 Å². The second kappa shape index (κ2) is 5.30. The minimum atomic E-state index is -0.561. The predicted molar refractivity (Wildman–Crippen MR) is 91.4 cm³/mol. The zero-order valence-corrected chi connectivity index (χ0v) is 14.6. The molecule has 4 fully saturated rings. The number of likely N-dealkylation sites (tertiary alicyclic amines) is 1. The number of rotatable bonds is 5. The van der Waals surface area contributed by atoms with Crippen LogP contribution in [0.2, 0.25) is 0 Å². The fourth-order valence-corrected chi connectivity index (χ4v) is 5.43. The molecule has 0 bridgehead atoms. The molecule has 3 amide bonds. The van der Waals surface area contributed by atoms with Gasteiger partial charge in [0.15, 0.2) is 0 Å². The largest absolute Gasteiger partial charge is 0.326 e. The van der Waals surface area contributed by atoms with Crippen LogP contribution in [-0.4, -0.2) is 40.5 Å². The van der Waals surface area contributed by atoms with Crippen molar-refractivity contribution < 1.29 is 9.59 Å². The topological polar surface area (TPSA) is 52.7 Å². The monoisotopic (exact) mass is 345 g/mol. The van der Waals surface area contributed by atoms with Crippen molar-refractivity contribution in [3.8, 4) is 0 Å². The van der Waals surface area contributed by atoms with Gasteiger partial charge in [-0.25, -0.2) is 9.69 Å². The molecule has 2 saturated carbocycles. The van der Waals surface area contributed by atoms with Gasteiger partial charge in [-0.15, -0.1) is 0 Å². The van der Waals surface area contributed by atoms with Crippen molar-refractivity contribution in [3.05, 3.63) is 22.4 Å². The third-order valence-corrected chi connectivity index (χ3v) is 6.92. The lowest BCUT2D eigenvalue weighted by Crippen LogP contribution is -2.51. The van der Waals surface area contributed by atoms with E-state index in [9.17, 15) is 9.59 Å². The second-order valence-corrected chi connectivity index (χ2v) is 8.53. The number of amides is 3. The summed E-state index contributed by atoms with van der Waals surface area (Å²) in [6.45, 7) is 1.39. The van der Waals surface area contributed by atoms with Crippen molar-refractivity contribution in [2.75, 3.05) is 13.2 Å². The summed E-state index contributed by atoms with van der Waals surface area (Å²) < 4.78 is 0. The third kappa shape index (κ3) is 2.15. The van der Waals surface area contributed by atoms with Gasteiger partial charge in [-0.05, 0) is 72.8 Å². The Balaban J connectivity index is 1.37. The molecule has 2 aliphatic carbocycles. The number of imide groups is 1. The lowest BCUT2D eigenvalue weighted by Gasteiger charge is -2.29. The Morgan fingerprint density at radius 1 is 1.17 bits per heavy atom. The molecular formula is C18H23N3O2S. The predicted octanol–water partition coefficient (Wildman–Crippen LogP) is 2.95. The molecule has 5 rings (SSSR count). The molecule has 4 aliphatic rings. The molecule has 1 N–H and O–H groups in total. The summed E-state index contributed by atoms with van der Waals surface area (Å²) in [5.41, 5.74) is 0.759. The lowest BCUT2D eigenvalue weighted by molar-refractivity contribution is -0.134. The maximum Gasteiger partial charge on any atom is 0.326 e. The molecule has 6 heteroatoms. The first-order valence-corrected chi connectivity index (χ1v) is 10.0. The summed E-state index contributed by atoms with van der Waals surface area (Å²) in [5, 5.41) is 7.42. The van der Waals surface area contributed by atoms with E-state index in [2.05, 4.69) is 27.0 Å². The van der Waals surface area contributed by atoms with E-state index < -0.39 is 5.54 Å². The van der Waals surface area contributed by atoms with Crippen LogP contribution in [0, 0.1) is 11.8 Å². The number of thiophene rings is 1. The molecule has 0 radical (unpaired) electrons. The first-order valence-electron chi connectivity index (χ1n) is 9.10. The molecule has 1 unspecified atom stereocenters. The van der Waals surface area contributed by atoms with E-state index in [0.29, 0.717) is 24.5 Å². The molecule has 0 aromatic carbocycles. The first kappa shape index (κ1) is 14.9. The number of nitrogens with zero attached hydrogens (tertiary/aromatic N) is 2. The van der Waals surface area contributed by atoms with Gasteiger partial charge in [0.25, 0.3) is 5.91 Å². The third-order valence-electron chi connectivity index (χ3n) is 6.22. The summed E-state index contributed by atoms with van der Waals surface area (Å²) in [5.74, 6) is 0.795. The van der Waals surface area contributed by atoms with Gasteiger partial charge in [-0.3, -0.25) is 9.69 Å². The van der Waals surface area contributed by atoms with E-state index in [1.807, 2.05) is 0 Å². The van der Waals surface area contributed by atoms with Crippen LogP contribution in [0.25, 0.3) is 0 Å². The molecule has 1 atom stereocenters. The Morgan fingerprint density at radius 2 is 1.92 bits per heavy atom. The van der Waals surface area contributed by atoms with Gasteiger partial charge in [0.1, 0.15) is 5.54 Å². The van der Waals surface area contributed by atoms with Crippen LogP contribution in [0.15, 0.2) is 16.8 Å². The molecule has 0 spiro atoms. The van der Waals surface area contributed by atoms with Crippen molar-refractivity contribution in [2.24, 2.45) is 11.8 Å². The van der Waals surface area contributed by atoms with Crippen LogP contribution in [0.1, 0.15) is 50.1 Å². The normalized spacial score (nSPS) is 30.2. The van der Waals surface area contributed by atoms with Gasteiger partial charge in [-0.1, -0.05) is 0 Å². The molecule has 2 aliphatic heterocycles. The van der Waals surface area contributed by atoms with Gasteiger partial charge < -0.3 is 5.32 Å². The van der Waals surface area contributed by atoms with Gasteiger partial charge in [0.2, 0.25) is 0 Å². The van der Waals surface area contributed by atoms with Crippen LogP contribution in [0.3, 0.4) is 0 Å². The van der Waals surface area contributed by atoms with E-state index in [1.54, 1.807) is 11.3 Å². The second-order valence-electron chi connectivity index (χ2n) is 7.75. The van der Waals surface area contributed by atoms with E-state index in [0.717, 1.165) is 45.1 Å². The van der Waals surface area contributed by atoms with Crippen LogP contribution >= 0.6 is 11.3 Å². The average molecular weight is 345 g/mol. The first-order chi connectivity index (χ1) is 11.7. The maximum absolute atomic E-state index is 13.2. The quantitative estimate of drug-likeness (QED) is 0.835. The fraction of sp³-hybridized carbons (Fsp3) is 0.667. The number of urea groups is 1. The van der Waals surface area contributed by atoms with Gasteiger partial charge in [0.05, 0.1) is 6.67 Å². The summed E-state index contributed by atoms with van der Waals surface area (Å²) in [6.07, 6.45) is 6.56. The summed E-state index contributed by atoms with van der Waals surface area (Å²) in [7, 11) is 0. The highest BCUT2D eigenvalue weighted by atomic mass is 32.1. The van der Waals surface area contributed by atoms with Crippen LogP contribution in [0.4, 0.5) is 4.79 Å². The highest BCUT2D eigenvalue weighted by Gasteiger charge is 2.65. The zero-order valence-electron chi connectivity index (χ0n) is 13.7. The minimum absolute atomic E-state index is 0.0495. The van der Waals surface area contributed by atoms with E-state index >= 15 is 0 Å². The highest BCUT2D eigenvalue weighted by Crippen LogP contribution is 2.54. The lowest BCUT2D eigenvalue weighted by atomic mass is 9.87. The van der Waals surface area contributed by atoms with Crippen molar-refractivity contribution in [3.63, 3.8) is 0 Å². The van der Waals surface area contributed by atoms with Crippen LogP contribution in [-0.2, 0) is 4.79 Å². The molecule has 3 heterocycles. The minimum Gasteiger partial charge on any atom is -0.322 e. The van der Waals surface area contributed by atoms with Crippen LogP contribution < -0.4 is 5.32 Å². The Bertz CT molecular complexity index is 654. The summed E-state index contributed by atoms with van der Waals surface area (Å²) >= 11 is 1.71. The van der Waals surface area contributed by atoms with Crippen LogP contribution in [0.5, 0.6) is 0 Å². The number of carbonyl (C=O) groups is 2. The smallest absolute Gasteiger partial charge is 0.322 e. The van der Waals surface area contributed by atoms with Gasteiger partial charge in [-0.2, -0.15) is 11.3 Å². The Morgan fingerprint density at radius 3 is 2.54 bits per heavy atom. The van der Waals surface area contributed by atoms with Crippen molar-refractivity contribution >= 4 is 23.3 Å². The number of hydrogen-bond acceptors (Lipinski definition) is 4. The molecular weight excluding hydrogens is 322 g/mol. The molecule has 2 saturated heterocycles. The summed E-state index contributed by atoms with van der Waals surface area (Å²) in [4.78, 5) is 29.6. The number of carbonyl (C=O) groups excluding carboxylic acids is 2. The summed E-state index contributed by atoms with van der Waals surface area (Å²) in [6, 6.07) is 2.33. The fourth-order valence-electron chi connectivity index (χ4n) is 4.73. The Hall–Kier alpha value is -1.40. The van der Waals surface area contributed by atoms with Crippen molar-refractivity contribution in [1.29, 1.82) is 0 Å². The molecule has 24 heavy (non-hydrogen) atoms. The van der Waals surface area contributed by atoms with Crippen molar-refractivity contribution in [2.45, 2.75) is 50.1 Å². The average Bonchev–Trinajstić information content (AvgIpc) is 3.48.